The Morgan fingerprint density at radius 1 is 1.38 bits per heavy atom. The third kappa shape index (κ3) is 4.26. The molecular formula is C13H15FO2. The van der Waals surface area contributed by atoms with E-state index in [9.17, 15) is 9.18 Å². The van der Waals surface area contributed by atoms with E-state index in [1.54, 1.807) is 6.92 Å². The molecule has 0 bridgehead atoms. The number of rotatable bonds is 5. The smallest absolute Gasteiger partial charge is 0.366 e. The lowest BCUT2D eigenvalue weighted by molar-refractivity contribution is -0.140. The average molecular weight is 222 g/mol. The Labute approximate surface area is 94.7 Å². The lowest BCUT2D eigenvalue weighted by atomic mass is 10.1. The molecule has 1 aromatic carbocycles. The second-order valence-electron chi connectivity index (χ2n) is 3.30. The highest BCUT2D eigenvalue weighted by Gasteiger charge is 2.07. The Kier molecular flexibility index (Phi) is 5.26. The fourth-order valence-electron chi connectivity index (χ4n) is 1.29. The van der Waals surface area contributed by atoms with Crippen LogP contribution in [0.3, 0.4) is 0 Å². The zero-order valence-corrected chi connectivity index (χ0v) is 9.28. The van der Waals surface area contributed by atoms with Crippen molar-refractivity contribution in [2.24, 2.45) is 0 Å². The zero-order chi connectivity index (χ0) is 11.8. The van der Waals surface area contributed by atoms with E-state index in [2.05, 4.69) is 4.74 Å². The maximum absolute atomic E-state index is 13.1. The molecule has 0 amide bonds. The summed E-state index contributed by atoms with van der Waals surface area (Å²) in [5.74, 6) is -1.69. The van der Waals surface area contributed by atoms with E-state index in [0.717, 1.165) is 5.56 Å². The molecule has 0 heterocycles. The third-order valence-electron chi connectivity index (χ3n) is 2.07. The first kappa shape index (κ1) is 12.4. The number of benzene rings is 1. The van der Waals surface area contributed by atoms with Gasteiger partial charge in [0.2, 0.25) is 5.83 Å². The van der Waals surface area contributed by atoms with Gasteiger partial charge in [0.25, 0.3) is 0 Å². The molecule has 0 radical (unpaired) electrons. The molecule has 0 saturated carbocycles. The van der Waals surface area contributed by atoms with Crippen LogP contribution in [0.1, 0.15) is 18.9 Å². The lowest BCUT2D eigenvalue weighted by Gasteiger charge is -1.99. The Morgan fingerprint density at radius 2 is 2.06 bits per heavy atom. The molecular weight excluding hydrogens is 207 g/mol. The van der Waals surface area contributed by atoms with Crippen LogP contribution in [0.4, 0.5) is 4.39 Å². The highest BCUT2D eigenvalue weighted by Crippen LogP contribution is 2.07. The van der Waals surface area contributed by atoms with Crippen molar-refractivity contribution in [3.8, 4) is 0 Å². The number of hydrogen-bond donors (Lipinski definition) is 0. The van der Waals surface area contributed by atoms with Gasteiger partial charge in [-0.3, -0.25) is 0 Å². The summed E-state index contributed by atoms with van der Waals surface area (Å²) in [4.78, 5) is 10.9. The van der Waals surface area contributed by atoms with Gasteiger partial charge in [-0.1, -0.05) is 30.3 Å². The van der Waals surface area contributed by atoms with Crippen LogP contribution in [0.25, 0.3) is 0 Å². The Morgan fingerprint density at radius 3 is 2.69 bits per heavy atom. The maximum atomic E-state index is 13.1. The first-order valence-corrected chi connectivity index (χ1v) is 5.30. The molecule has 0 atom stereocenters. The summed E-state index contributed by atoms with van der Waals surface area (Å²) in [6, 6.07) is 9.73. The van der Waals surface area contributed by atoms with Crippen molar-refractivity contribution in [3.63, 3.8) is 0 Å². The molecule has 2 nitrogen and oxygen atoms in total. The van der Waals surface area contributed by atoms with Gasteiger partial charge in [-0.15, -0.1) is 0 Å². The molecule has 0 aliphatic rings. The van der Waals surface area contributed by atoms with Crippen LogP contribution < -0.4 is 0 Å². The van der Waals surface area contributed by atoms with E-state index < -0.39 is 11.8 Å². The van der Waals surface area contributed by atoms with Gasteiger partial charge >= 0.3 is 5.97 Å². The molecule has 0 saturated heterocycles. The van der Waals surface area contributed by atoms with Gasteiger partial charge in [0.05, 0.1) is 6.61 Å². The number of carbonyl (C=O) groups is 1. The van der Waals surface area contributed by atoms with E-state index >= 15 is 0 Å². The molecule has 0 spiro atoms. The monoisotopic (exact) mass is 222 g/mol. The number of carbonyl (C=O) groups excluding carboxylic acids is 1. The zero-order valence-electron chi connectivity index (χ0n) is 9.28. The van der Waals surface area contributed by atoms with Crippen molar-refractivity contribution in [1.82, 2.24) is 0 Å². The van der Waals surface area contributed by atoms with Crippen molar-refractivity contribution >= 4 is 5.97 Å². The molecule has 0 aliphatic carbocycles. The van der Waals surface area contributed by atoms with Crippen molar-refractivity contribution in [3.05, 3.63) is 47.8 Å². The minimum absolute atomic E-state index is 0.193. The van der Waals surface area contributed by atoms with Gasteiger partial charge < -0.3 is 4.74 Å². The fraction of sp³-hybridized carbons (Fsp3) is 0.308. The summed E-state index contributed by atoms with van der Waals surface area (Å²) in [6.45, 7) is 1.84. The van der Waals surface area contributed by atoms with Gasteiger partial charge in [-0.2, -0.15) is 4.39 Å². The van der Waals surface area contributed by atoms with Gasteiger partial charge in [0.15, 0.2) is 0 Å². The molecule has 0 aromatic heterocycles. The molecule has 0 N–H and O–H groups in total. The molecule has 0 aliphatic heterocycles. The van der Waals surface area contributed by atoms with Gasteiger partial charge in [0.1, 0.15) is 0 Å². The van der Waals surface area contributed by atoms with Crippen LogP contribution in [-0.2, 0) is 16.0 Å². The SMILES string of the molecule is CCOC(=O)C(F)=CCCc1ccccc1. The third-order valence-corrected chi connectivity index (χ3v) is 2.07. The Balaban J connectivity index is 2.39. The standard InChI is InChI=1S/C13H15FO2/c1-2-16-13(15)12(14)10-6-9-11-7-4-3-5-8-11/h3-5,7-8,10H,2,6,9H2,1H3. The van der Waals surface area contributed by atoms with Crippen LogP contribution in [0.15, 0.2) is 42.2 Å². The van der Waals surface area contributed by atoms with Crippen LogP contribution in [0, 0.1) is 0 Å². The topological polar surface area (TPSA) is 26.3 Å². The van der Waals surface area contributed by atoms with E-state index in [4.69, 9.17) is 0 Å². The number of halogens is 1. The number of aryl methyl sites for hydroxylation is 1. The minimum Gasteiger partial charge on any atom is -0.461 e. The summed E-state index contributed by atoms with van der Waals surface area (Å²) in [5, 5.41) is 0. The lowest BCUT2D eigenvalue weighted by Crippen LogP contribution is -2.04. The highest BCUT2D eigenvalue weighted by molar-refractivity contribution is 5.85. The molecule has 16 heavy (non-hydrogen) atoms. The van der Waals surface area contributed by atoms with Crippen LogP contribution in [-0.4, -0.2) is 12.6 Å². The summed E-state index contributed by atoms with van der Waals surface area (Å²) in [6.07, 6.45) is 2.48. The predicted molar refractivity (Wildman–Crippen MR) is 60.6 cm³/mol. The fourth-order valence-corrected chi connectivity index (χ4v) is 1.29. The second-order valence-corrected chi connectivity index (χ2v) is 3.30. The number of esters is 1. The van der Waals surface area contributed by atoms with Crippen molar-refractivity contribution in [2.75, 3.05) is 6.61 Å². The average Bonchev–Trinajstić information content (AvgIpc) is 2.30. The summed E-state index contributed by atoms with van der Waals surface area (Å²) < 4.78 is 17.6. The van der Waals surface area contributed by atoms with Crippen LogP contribution >= 0.6 is 0 Å². The number of ether oxygens (including phenoxy) is 1. The minimum atomic E-state index is -0.879. The summed E-state index contributed by atoms with van der Waals surface area (Å²) >= 11 is 0. The first-order valence-electron chi connectivity index (χ1n) is 5.30. The Bertz CT molecular complexity index is 357. The van der Waals surface area contributed by atoms with Gasteiger partial charge in [0, 0.05) is 0 Å². The van der Waals surface area contributed by atoms with Gasteiger partial charge in [-0.05, 0) is 31.4 Å². The second kappa shape index (κ2) is 6.77. The normalized spacial score (nSPS) is 11.2. The first-order chi connectivity index (χ1) is 7.74. The maximum Gasteiger partial charge on any atom is 0.366 e. The molecule has 1 rings (SSSR count). The number of hydrogen-bond acceptors (Lipinski definition) is 2. The van der Waals surface area contributed by atoms with Crippen LogP contribution in [0.2, 0.25) is 0 Å². The quantitative estimate of drug-likeness (QED) is 0.565. The Hall–Kier alpha value is -1.64. The van der Waals surface area contributed by atoms with Gasteiger partial charge in [-0.25, -0.2) is 4.79 Å². The predicted octanol–water partition coefficient (Wildman–Crippen LogP) is 3.04. The van der Waals surface area contributed by atoms with E-state index in [0.29, 0.717) is 12.8 Å². The van der Waals surface area contributed by atoms with E-state index in [-0.39, 0.29) is 6.61 Å². The summed E-state index contributed by atoms with van der Waals surface area (Å²) in [7, 11) is 0. The number of allylic oxidation sites excluding steroid dienone is 1. The highest BCUT2D eigenvalue weighted by atomic mass is 19.1. The molecule has 3 heteroatoms. The molecule has 0 unspecified atom stereocenters. The van der Waals surface area contributed by atoms with Crippen molar-refractivity contribution < 1.29 is 13.9 Å². The summed E-state index contributed by atoms with van der Waals surface area (Å²) in [5.41, 5.74) is 1.12. The largest absolute Gasteiger partial charge is 0.461 e. The van der Waals surface area contributed by atoms with Crippen molar-refractivity contribution in [2.45, 2.75) is 19.8 Å². The van der Waals surface area contributed by atoms with E-state index in [1.807, 2.05) is 30.3 Å². The molecule has 0 fully saturated rings. The molecule has 1 aromatic rings. The van der Waals surface area contributed by atoms with Crippen molar-refractivity contribution in [1.29, 1.82) is 0 Å². The van der Waals surface area contributed by atoms with E-state index in [1.165, 1.54) is 6.08 Å². The molecule has 86 valence electrons. The van der Waals surface area contributed by atoms with Crippen LogP contribution in [0.5, 0.6) is 0 Å².